The molecule has 1 aromatic rings. The lowest BCUT2D eigenvalue weighted by Gasteiger charge is -2.25. The van der Waals surface area contributed by atoms with Crippen LogP contribution < -0.4 is 16.0 Å². The van der Waals surface area contributed by atoms with E-state index in [0.29, 0.717) is 23.9 Å². The number of amides is 1. The van der Waals surface area contributed by atoms with Crippen molar-refractivity contribution in [3.63, 3.8) is 0 Å². The number of thioether (sulfide) groups is 1. The number of anilines is 2. The number of thiazole rings is 1. The van der Waals surface area contributed by atoms with E-state index in [1.807, 2.05) is 11.8 Å². The van der Waals surface area contributed by atoms with Gasteiger partial charge in [-0.25, -0.2) is 4.98 Å². The Morgan fingerprint density at radius 3 is 2.95 bits per heavy atom. The van der Waals surface area contributed by atoms with E-state index in [2.05, 4.69) is 15.2 Å². The zero-order valence-electron chi connectivity index (χ0n) is 11.1. The van der Waals surface area contributed by atoms with Crippen molar-refractivity contribution in [2.45, 2.75) is 12.5 Å². The Labute approximate surface area is 126 Å². The van der Waals surface area contributed by atoms with E-state index in [-0.39, 0.29) is 11.9 Å². The average molecular weight is 314 g/mol. The first kappa shape index (κ1) is 14.0. The van der Waals surface area contributed by atoms with Crippen LogP contribution in [0.5, 0.6) is 0 Å². The number of hydrogen-bond acceptors (Lipinski definition) is 7. The molecule has 2 aliphatic rings. The van der Waals surface area contributed by atoms with Gasteiger partial charge in [-0.15, -0.1) is 0 Å². The molecule has 0 aliphatic carbocycles. The van der Waals surface area contributed by atoms with Crippen LogP contribution in [0.3, 0.4) is 0 Å². The summed E-state index contributed by atoms with van der Waals surface area (Å²) in [6, 6.07) is 0.265. The summed E-state index contributed by atoms with van der Waals surface area (Å²) >= 11 is 3.24. The second-order valence-corrected chi connectivity index (χ2v) is 6.97. The van der Waals surface area contributed by atoms with Crippen LogP contribution in [-0.2, 0) is 4.74 Å². The topological polar surface area (TPSA) is 80.5 Å². The van der Waals surface area contributed by atoms with Gasteiger partial charge in [0.25, 0.3) is 5.91 Å². The molecular formula is C12H18N4O2S2. The lowest BCUT2D eigenvalue weighted by Crippen LogP contribution is -2.36. The Hall–Kier alpha value is -0.990. The number of ether oxygens (including phenoxy) is 1. The second kappa shape index (κ2) is 6.19. The van der Waals surface area contributed by atoms with E-state index < -0.39 is 0 Å². The standard InChI is InChI=1S/C12H18N4O2S2/c13-10-9(11(17)14-8-1-6-19-7-8)20-12(15-10)16-2-4-18-5-3-16/h8H,1-7,13H2,(H,14,17). The molecule has 0 saturated carbocycles. The molecule has 0 aromatic carbocycles. The maximum absolute atomic E-state index is 12.2. The third-order valence-electron chi connectivity index (χ3n) is 3.39. The third kappa shape index (κ3) is 3.02. The van der Waals surface area contributed by atoms with E-state index >= 15 is 0 Å². The predicted octanol–water partition coefficient (Wildman–Crippen LogP) is 0.797. The van der Waals surface area contributed by atoms with Crippen LogP contribution in [0.1, 0.15) is 16.1 Å². The molecule has 6 nitrogen and oxygen atoms in total. The molecule has 0 spiro atoms. The zero-order chi connectivity index (χ0) is 13.9. The summed E-state index contributed by atoms with van der Waals surface area (Å²) in [5.41, 5.74) is 5.90. The fourth-order valence-electron chi connectivity index (χ4n) is 2.27. The van der Waals surface area contributed by atoms with Crippen molar-refractivity contribution in [1.29, 1.82) is 0 Å². The van der Waals surface area contributed by atoms with Gasteiger partial charge in [0.15, 0.2) is 5.13 Å². The summed E-state index contributed by atoms with van der Waals surface area (Å²) < 4.78 is 5.32. The Morgan fingerprint density at radius 2 is 2.25 bits per heavy atom. The van der Waals surface area contributed by atoms with Gasteiger partial charge in [0.2, 0.25) is 0 Å². The minimum atomic E-state index is -0.0907. The molecule has 110 valence electrons. The minimum Gasteiger partial charge on any atom is -0.382 e. The van der Waals surface area contributed by atoms with E-state index in [9.17, 15) is 4.79 Å². The number of carbonyl (C=O) groups excluding carboxylic acids is 1. The van der Waals surface area contributed by atoms with E-state index in [1.54, 1.807) is 0 Å². The lowest BCUT2D eigenvalue weighted by atomic mass is 10.2. The Kier molecular flexibility index (Phi) is 4.32. The number of morpholine rings is 1. The van der Waals surface area contributed by atoms with Gasteiger partial charge in [-0.1, -0.05) is 11.3 Å². The van der Waals surface area contributed by atoms with Crippen LogP contribution in [0.4, 0.5) is 10.9 Å². The van der Waals surface area contributed by atoms with Crippen molar-refractivity contribution in [3.05, 3.63) is 4.88 Å². The molecule has 2 aliphatic heterocycles. The summed E-state index contributed by atoms with van der Waals surface area (Å²) in [6.45, 7) is 2.99. The Balaban J connectivity index is 1.69. The number of nitrogen functional groups attached to an aromatic ring is 1. The average Bonchev–Trinajstić information content (AvgIpc) is 3.09. The van der Waals surface area contributed by atoms with Crippen molar-refractivity contribution in [3.8, 4) is 0 Å². The van der Waals surface area contributed by atoms with Gasteiger partial charge in [0, 0.05) is 24.9 Å². The fraction of sp³-hybridized carbons (Fsp3) is 0.667. The smallest absolute Gasteiger partial charge is 0.265 e. The lowest BCUT2D eigenvalue weighted by molar-refractivity contribution is 0.0946. The monoisotopic (exact) mass is 314 g/mol. The largest absolute Gasteiger partial charge is 0.382 e. The molecule has 20 heavy (non-hydrogen) atoms. The zero-order valence-corrected chi connectivity index (χ0v) is 12.8. The summed E-state index contributed by atoms with van der Waals surface area (Å²) in [7, 11) is 0. The van der Waals surface area contributed by atoms with Crippen LogP contribution in [0.25, 0.3) is 0 Å². The number of hydrogen-bond donors (Lipinski definition) is 2. The number of carbonyl (C=O) groups is 1. The first-order valence-corrected chi connectivity index (χ1v) is 8.69. The quantitative estimate of drug-likeness (QED) is 0.859. The minimum absolute atomic E-state index is 0.0907. The molecular weight excluding hydrogens is 296 g/mol. The fourth-order valence-corrected chi connectivity index (χ4v) is 4.36. The van der Waals surface area contributed by atoms with Gasteiger partial charge in [-0.05, 0) is 12.2 Å². The maximum Gasteiger partial charge on any atom is 0.265 e. The van der Waals surface area contributed by atoms with Crippen molar-refractivity contribution in [1.82, 2.24) is 10.3 Å². The number of nitrogens with two attached hydrogens (primary N) is 1. The van der Waals surface area contributed by atoms with Crippen LogP contribution in [0.2, 0.25) is 0 Å². The number of nitrogens with one attached hydrogen (secondary N) is 1. The Bertz CT molecular complexity index is 482. The van der Waals surface area contributed by atoms with Crippen LogP contribution in [0.15, 0.2) is 0 Å². The first-order valence-electron chi connectivity index (χ1n) is 6.71. The highest BCUT2D eigenvalue weighted by atomic mass is 32.2. The van der Waals surface area contributed by atoms with Gasteiger partial charge in [0.05, 0.1) is 13.2 Å². The summed E-state index contributed by atoms with van der Waals surface area (Å²) in [5, 5.41) is 3.86. The Morgan fingerprint density at radius 1 is 1.45 bits per heavy atom. The van der Waals surface area contributed by atoms with E-state index in [4.69, 9.17) is 10.5 Å². The van der Waals surface area contributed by atoms with Gasteiger partial charge >= 0.3 is 0 Å². The summed E-state index contributed by atoms with van der Waals surface area (Å²) in [4.78, 5) is 19.2. The van der Waals surface area contributed by atoms with E-state index in [1.165, 1.54) is 11.3 Å². The summed E-state index contributed by atoms with van der Waals surface area (Å²) in [5.74, 6) is 2.34. The molecule has 8 heteroatoms. The molecule has 3 heterocycles. The normalized spacial score (nSPS) is 23.0. The SMILES string of the molecule is Nc1nc(N2CCOCC2)sc1C(=O)NC1CCSC1. The molecule has 0 radical (unpaired) electrons. The van der Waals surface area contributed by atoms with Crippen molar-refractivity contribution in [2.24, 2.45) is 0 Å². The van der Waals surface area contributed by atoms with Gasteiger partial charge in [-0.2, -0.15) is 11.8 Å². The van der Waals surface area contributed by atoms with Crippen LogP contribution >= 0.6 is 23.1 Å². The highest BCUT2D eigenvalue weighted by molar-refractivity contribution is 7.99. The van der Waals surface area contributed by atoms with Crippen LogP contribution in [-0.4, -0.2) is 54.7 Å². The maximum atomic E-state index is 12.2. The molecule has 0 bridgehead atoms. The molecule has 1 aromatic heterocycles. The molecule has 2 fully saturated rings. The second-order valence-electron chi connectivity index (χ2n) is 4.84. The molecule has 2 saturated heterocycles. The third-order valence-corrected chi connectivity index (χ3v) is 5.69. The molecule has 1 atom stereocenters. The van der Waals surface area contributed by atoms with Gasteiger partial charge < -0.3 is 20.7 Å². The highest BCUT2D eigenvalue weighted by Gasteiger charge is 2.24. The first-order chi connectivity index (χ1) is 9.74. The molecule has 1 unspecified atom stereocenters. The predicted molar refractivity (Wildman–Crippen MR) is 82.8 cm³/mol. The van der Waals surface area contributed by atoms with Crippen molar-refractivity contribution in [2.75, 3.05) is 48.4 Å². The van der Waals surface area contributed by atoms with Crippen LogP contribution in [0, 0.1) is 0 Å². The molecule has 3 N–H and O–H groups in total. The summed E-state index contributed by atoms with van der Waals surface area (Å²) in [6.07, 6.45) is 1.03. The number of nitrogens with zero attached hydrogens (tertiary/aromatic N) is 2. The van der Waals surface area contributed by atoms with Gasteiger partial charge in [-0.3, -0.25) is 4.79 Å². The van der Waals surface area contributed by atoms with Crippen molar-refractivity contribution < 1.29 is 9.53 Å². The van der Waals surface area contributed by atoms with E-state index in [0.717, 1.165) is 36.1 Å². The van der Waals surface area contributed by atoms with Crippen molar-refractivity contribution >= 4 is 40.0 Å². The number of rotatable bonds is 3. The molecule has 3 rings (SSSR count). The van der Waals surface area contributed by atoms with Gasteiger partial charge in [0.1, 0.15) is 10.7 Å². The molecule has 1 amide bonds. The highest BCUT2D eigenvalue weighted by Crippen LogP contribution is 2.29. The number of aromatic nitrogens is 1.